The molecule has 0 bridgehead atoms. The summed E-state index contributed by atoms with van der Waals surface area (Å²) in [5.41, 5.74) is 0. The van der Waals surface area contributed by atoms with Crippen LogP contribution in [0.4, 0.5) is 0 Å². The predicted molar refractivity (Wildman–Crippen MR) is 64.6 cm³/mol. The van der Waals surface area contributed by atoms with Crippen LogP contribution >= 0.6 is 0 Å². The largest absolute Gasteiger partial charge is 0.466 e. The van der Waals surface area contributed by atoms with Crippen molar-refractivity contribution in [3.8, 4) is 0 Å². The van der Waals surface area contributed by atoms with Gasteiger partial charge < -0.3 is 14.2 Å². The molecule has 0 aromatic carbocycles. The zero-order chi connectivity index (χ0) is 12.5. The van der Waals surface area contributed by atoms with Gasteiger partial charge in [-0.1, -0.05) is 6.92 Å². The number of hydrogen-bond acceptors (Lipinski definition) is 4. The Morgan fingerprint density at radius 2 is 2.29 bits per heavy atom. The molecule has 2 atom stereocenters. The summed E-state index contributed by atoms with van der Waals surface area (Å²) in [6.07, 6.45) is 4.56. The third-order valence-corrected chi connectivity index (χ3v) is 2.85. The van der Waals surface area contributed by atoms with Gasteiger partial charge in [0, 0.05) is 13.0 Å². The molecule has 1 heterocycles. The van der Waals surface area contributed by atoms with Crippen LogP contribution in [0, 0.1) is 5.92 Å². The molecule has 4 heteroatoms. The van der Waals surface area contributed by atoms with Crippen molar-refractivity contribution in [3.63, 3.8) is 0 Å². The van der Waals surface area contributed by atoms with Crippen LogP contribution in [0.3, 0.4) is 0 Å². The number of carbonyl (C=O) groups is 1. The normalized spacial score (nSPS) is 22.1. The third kappa shape index (κ3) is 6.64. The van der Waals surface area contributed by atoms with Crippen LogP contribution in [0.5, 0.6) is 0 Å². The maximum absolute atomic E-state index is 11.2. The molecule has 1 aliphatic heterocycles. The Morgan fingerprint density at radius 1 is 1.47 bits per heavy atom. The number of carbonyl (C=O) groups excluding carboxylic acids is 1. The van der Waals surface area contributed by atoms with Crippen LogP contribution < -0.4 is 0 Å². The summed E-state index contributed by atoms with van der Waals surface area (Å²) in [5.74, 6) is 0.248. The van der Waals surface area contributed by atoms with E-state index >= 15 is 0 Å². The van der Waals surface area contributed by atoms with Crippen molar-refractivity contribution in [2.75, 3.05) is 19.8 Å². The van der Waals surface area contributed by atoms with E-state index < -0.39 is 0 Å². The highest BCUT2D eigenvalue weighted by Gasteiger charge is 2.15. The standard InChI is InChI=1S/C13H24O4/c1-3-15-12(14)8-7-11(2)10-17-13-6-4-5-9-16-13/h11,13H,3-10H2,1-2H3/t11-,13?/m0/s1. The summed E-state index contributed by atoms with van der Waals surface area (Å²) in [6.45, 7) is 5.83. The summed E-state index contributed by atoms with van der Waals surface area (Å²) in [5, 5.41) is 0. The van der Waals surface area contributed by atoms with Crippen molar-refractivity contribution in [1.29, 1.82) is 0 Å². The number of rotatable bonds is 7. The lowest BCUT2D eigenvalue weighted by atomic mass is 10.1. The molecular weight excluding hydrogens is 220 g/mol. The van der Waals surface area contributed by atoms with Gasteiger partial charge in [0.1, 0.15) is 0 Å². The van der Waals surface area contributed by atoms with Crippen molar-refractivity contribution in [1.82, 2.24) is 0 Å². The molecule has 17 heavy (non-hydrogen) atoms. The fourth-order valence-corrected chi connectivity index (χ4v) is 1.79. The summed E-state index contributed by atoms with van der Waals surface area (Å²) < 4.78 is 16.0. The zero-order valence-electron chi connectivity index (χ0n) is 10.9. The topological polar surface area (TPSA) is 44.8 Å². The Balaban J connectivity index is 2.03. The highest BCUT2D eigenvalue weighted by molar-refractivity contribution is 5.69. The maximum atomic E-state index is 11.2. The smallest absolute Gasteiger partial charge is 0.305 e. The number of hydrogen-bond donors (Lipinski definition) is 0. The fraction of sp³-hybridized carbons (Fsp3) is 0.923. The summed E-state index contributed by atoms with van der Waals surface area (Å²) >= 11 is 0. The number of esters is 1. The predicted octanol–water partition coefficient (Wildman–Crippen LogP) is 2.51. The Morgan fingerprint density at radius 3 is 2.94 bits per heavy atom. The van der Waals surface area contributed by atoms with Crippen molar-refractivity contribution >= 4 is 5.97 Å². The van der Waals surface area contributed by atoms with Gasteiger partial charge in [-0.25, -0.2) is 0 Å². The Bertz CT molecular complexity index is 211. The Kier molecular flexibility index (Phi) is 7.21. The van der Waals surface area contributed by atoms with Crippen molar-refractivity contribution < 1.29 is 19.0 Å². The van der Waals surface area contributed by atoms with E-state index in [2.05, 4.69) is 6.92 Å². The van der Waals surface area contributed by atoms with E-state index in [1.807, 2.05) is 6.92 Å². The summed E-state index contributed by atoms with van der Waals surface area (Å²) in [4.78, 5) is 11.2. The van der Waals surface area contributed by atoms with E-state index in [9.17, 15) is 4.79 Å². The molecule has 1 rings (SSSR count). The summed E-state index contributed by atoms with van der Waals surface area (Å²) in [7, 11) is 0. The van der Waals surface area contributed by atoms with Crippen LogP contribution in [0.1, 0.15) is 46.0 Å². The van der Waals surface area contributed by atoms with Crippen LogP contribution in [-0.2, 0) is 19.0 Å². The lowest BCUT2D eigenvalue weighted by molar-refractivity contribution is -0.168. The first kappa shape index (κ1) is 14.5. The monoisotopic (exact) mass is 244 g/mol. The molecule has 0 amide bonds. The molecule has 0 aliphatic carbocycles. The van der Waals surface area contributed by atoms with Crippen molar-refractivity contribution in [2.45, 2.75) is 52.2 Å². The minimum atomic E-state index is -0.117. The second-order valence-corrected chi connectivity index (χ2v) is 4.58. The lowest BCUT2D eigenvalue weighted by Gasteiger charge is -2.24. The van der Waals surface area contributed by atoms with Gasteiger partial charge in [0.2, 0.25) is 0 Å². The molecule has 0 radical (unpaired) electrons. The van der Waals surface area contributed by atoms with E-state index in [4.69, 9.17) is 14.2 Å². The SMILES string of the molecule is CCOC(=O)CC[C@H](C)COC1CCCCO1. The first-order chi connectivity index (χ1) is 8.22. The van der Waals surface area contributed by atoms with Gasteiger partial charge in [-0.05, 0) is 38.5 Å². The van der Waals surface area contributed by atoms with E-state index in [0.29, 0.717) is 25.6 Å². The average molecular weight is 244 g/mol. The van der Waals surface area contributed by atoms with Gasteiger partial charge in [-0.3, -0.25) is 4.79 Å². The zero-order valence-corrected chi connectivity index (χ0v) is 10.9. The third-order valence-electron chi connectivity index (χ3n) is 2.85. The van der Waals surface area contributed by atoms with Gasteiger partial charge in [-0.2, -0.15) is 0 Å². The van der Waals surface area contributed by atoms with E-state index in [1.54, 1.807) is 0 Å². The van der Waals surface area contributed by atoms with Gasteiger partial charge >= 0.3 is 5.97 Å². The molecular formula is C13H24O4. The van der Waals surface area contributed by atoms with Gasteiger partial charge in [0.05, 0.1) is 13.2 Å². The molecule has 0 spiro atoms. The minimum Gasteiger partial charge on any atom is -0.466 e. The van der Waals surface area contributed by atoms with E-state index in [1.165, 1.54) is 6.42 Å². The number of ether oxygens (including phenoxy) is 3. The van der Waals surface area contributed by atoms with Gasteiger partial charge in [-0.15, -0.1) is 0 Å². The molecule has 0 N–H and O–H groups in total. The molecule has 0 aromatic rings. The molecule has 1 saturated heterocycles. The van der Waals surface area contributed by atoms with Gasteiger partial charge in [0.25, 0.3) is 0 Å². The quantitative estimate of drug-likeness (QED) is 0.645. The van der Waals surface area contributed by atoms with Crippen molar-refractivity contribution in [2.24, 2.45) is 5.92 Å². The Hall–Kier alpha value is -0.610. The first-order valence-corrected chi connectivity index (χ1v) is 6.61. The molecule has 4 nitrogen and oxygen atoms in total. The second kappa shape index (κ2) is 8.48. The van der Waals surface area contributed by atoms with E-state index in [-0.39, 0.29) is 12.3 Å². The maximum Gasteiger partial charge on any atom is 0.305 e. The van der Waals surface area contributed by atoms with Crippen LogP contribution in [0.25, 0.3) is 0 Å². The molecule has 0 aromatic heterocycles. The minimum absolute atomic E-state index is 0.0335. The Labute approximate surface area is 104 Å². The molecule has 100 valence electrons. The highest BCUT2D eigenvalue weighted by Crippen LogP contribution is 2.16. The average Bonchev–Trinajstić information content (AvgIpc) is 2.35. The molecule has 1 fully saturated rings. The van der Waals surface area contributed by atoms with Crippen molar-refractivity contribution in [3.05, 3.63) is 0 Å². The summed E-state index contributed by atoms with van der Waals surface area (Å²) in [6, 6.07) is 0. The molecule has 1 aliphatic rings. The second-order valence-electron chi connectivity index (χ2n) is 4.58. The van der Waals surface area contributed by atoms with Gasteiger partial charge in [0.15, 0.2) is 6.29 Å². The first-order valence-electron chi connectivity index (χ1n) is 6.61. The van der Waals surface area contributed by atoms with Crippen LogP contribution in [-0.4, -0.2) is 32.1 Å². The van der Waals surface area contributed by atoms with Crippen LogP contribution in [0.15, 0.2) is 0 Å². The molecule has 1 unspecified atom stereocenters. The van der Waals surface area contributed by atoms with E-state index in [0.717, 1.165) is 25.9 Å². The molecule has 0 saturated carbocycles. The van der Waals surface area contributed by atoms with Crippen LogP contribution in [0.2, 0.25) is 0 Å². The lowest BCUT2D eigenvalue weighted by Crippen LogP contribution is -2.24. The highest BCUT2D eigenvalue weighted by atomic mass is 16.7. The fourth-order valence-electron chi connectivity index (χ4n) is 1.79.